The molecule has 1 atom stereocenters. The molecule has 0 spiro atoms. The first kappa shape index (κ1) is 21.7. The van der Waals surface area contributed by atoms with Gasteiger partial charge in [0.1, 0.15) is 6.04 Å². The van der Waals surface area contributed by atoms with Crippen LogP contribution in [0.2, 0.25) is 0 Å². The largest absolute Gasteiger partial charge is 0.480 e. The Kier molecular flexibility index (Phi) is 8.10. The topological polar surface area (TPSA) is 74.7 Å². The second kappa shape index (κ2) is 10.1. The van der Waals surface area contributed by atoms with Crippen LogP contribution >= 0.6 is 11.8 Å². The number of aryl methyl sites for hydroxylation is 1. The van der Waals surface area contributed by atoms with Gasteiger partial charge in [0.2, 0.25) is 11.0 Å². The number of carbonyl (C=O) groups excluding carboxylic acids is 2. The number of thioether (sulfide) groups is 1. The number of nitrogens with zero attached hydrogens (tertiary/aromatic N) is 1. The Hall–Kier alpha value is -1.60. The Morgan fingerprint density at radius 1 is 1.04 bits per heavy atom. The minimum absolute atomic E-state index is 0. The number of anilines is 1. The van der Waals surface area contributed by atoms with Gasteiger partial charge in [-0.05, 0) is 24.5 Å². The van der Waals surface area contributed by atoms with E-state index in [0.717, 1.165) is 17.3 Å². The third kappa shape index (κ3) is 5.23. The van der Waals surface area contributed by atoms with E-state index in [4.69, 9.17) is 0 Å². The van der Waals surface area contributed by atoms with Crippen molar-refractivity contribution >= 4 is 64.0 Å². The van der Waals surface area contributed by atoms with Gasteiger partial charge in [0.25, 0.3) is 0 Å². The van der Waals surface area contributed by atoms with E-state index < -0.39 is 12.0 Å². The van der Waals surface area contributed by atoms with Crippen molar-refractivity contribution in [1.82, 2.24) is 0 Å². The van der Waals surface area contributed by atoms with Crippen molar-refractivity contribution in [2.24, 2.45) is 0 Å². The molecule has 1 heterocycles. The van der Waals surface area contributed by atoms with Crippen LogP contribution in [0.1, 0.15) is 28.8 Å². The molecule has 3 rings (SSSR count). The van der Waals surface area contributed by atoms with Gasteiger partial charge < -0.3 is 5.11 Å². The van der Waals surface area contributed by atoms with E-state index in [2.05, 4.69) is 0 Å². The van der Waals surface area contributed by atoms with Gasteiger partial charge >= 0.3 is 5.97 Å². The number of benzene rings is 2. The number of carboxylic acid groups (broad SMARTS) is 1. The monoisotopic (exact) mass is 392 g/mol. The minimum atomic E-state index is -0.999. The molecule has 0 unspecified atom stereocenters. The third-order valence-electron chi connectivity index (χ3n) is 4.36. The quantitative estimate of drug-likeness (QED) is 0.792. The predicted molar refractivity (Wildman–Crippen MR) is 107 cm³/mol. The number of hydrogen-bond donors (Lipinski definition) is 1. The van der Waals surface area contributed by atoms with Crippen LogP contribution in [-0.4, -0.2) is 63.5 Å². The van der Waals surface area contributed by atoms with Gasteiger partial charge in [-0.3, -0.25) is 14.5 Å². The van der Waals surface area contributed by atoms with Crippen LogP contribution in [0.15, 0.2) is 54.6 Å². The molecular weight excluding hydrogens is 373 g/mol. The first-order valence-electron chi connectivity index (χ1n) is 8.43. The fraction of sp³-hybridized carbons (Fsp3) is 0.250. The van der Waals surface area contributed by atoms with E-state index in [0.29, 0.717) is 29.8 Å². The van der Waals surface area contributed by atoms with Crippen LogP contribution in [0.5, 0.6) is 0 Å². The van der Waals surface area contributed by atoms with Crippen molar-refractivity contribution in [3.8, 4) is 0 Å². The van der Waals surface area contributed by atoms with Crippen molar-refractivity contribution < 1.29 is 19.5 Å². The maximum Gasteiger partial charge on any atom is 0.326 e. The summed E-state index contributed by atoms with van der Waals surface area (Å²) in [5.74, 6) is -0.948. The fourth-order valence-electron chi connectivity index (χ4n) is 3.10. The molecule has 27 heavy (non-hydrogen) atoms. The summed E-state index contributed by atoms with van der Waals surface area (Å²) in [6, 6.07) is 15.4. The van der Waals surface area contributed by atoms with E-state index in [1.165, 1.54) is 4.90 Å². The van der Waals surface area contributed by atoms with Crippen LogP contribution in [0.4, 0.5) is 5.69 Å². The predicted octanol–water partition coefficient (Wildman–Crippen LogP) is 3.00. The van der Waals surface area contributed by atoms with E-state index >= 15 is 0 Å². The van der Waals surface area contributed by atoms with Crippen LogP contribution in [0.3, 0.4) is 0 Å². The van der Waals surface area contributed by atoms with Gasteiger partial charge in [0, 0.05) is 53.0 Å². The molecule has 2 aromatic carbocycles. The normalized spacial score (nSPS) is 15.4. The SMILES string of the molecule is O=C(SCCC(=O)N1c2ccccc2CC[C@@H]1C(=O)O)c1ccccc1.[Na]. The molecule has 1 N–H and O–H groups in total. The molecule has 0 saturated heterocycles. The van der Waals surface area contributed by atoms with Crippen molar-refractivity contribution in [2.75, 3.05) is 10.7 Å². The van der Waals surface area contributed by atoms with Crippen molar-refractivity contribution in [3.63, 3.8) is 0 Å². The average molecular weight is 392 g/mol. The first-order chi connectivity index (χ1) is 12.6. The van der Waals surface area contributed by atoms with E-state index in [1.54, 1.807) is 36.4 Å². The molecule has 1 amide bonds. The Balaban J connectivity index is 0.00000261. The van der Waals surface area contributed by atoms with E-state index in [1.807, 2.05) is 18.2 Å². The number of fused-ring (bicyclic) bond motifs is 1. The molecule has 7 heteroatoms. The van der Waals surface area contributed by atoms with Crippen molar-refractivity contribution in [3.05, 3.63) is 65.7 Å². The summed E-state index contributed by atoms with van der Waals surface area (Å²) in [5.41, 5.74) is 2.23. The zero-order valence-electron chi connectivity index (χ0n) is 15.1. The molecule has 0 saturated carbocycles. The number of rotatable bonds is 5. The Morgan fingerprint density at radius 3 is 2.41 bits per heavy atom. The van der Waals surface area contributed by atoms with Gasteiger partial charge in [-0.2, -0.15) is 0 Å². The number of carbonyl (C=O) groups is 3. The average Bonchev–Trinajstić information content (AvgIpc) is 2.67. The third-order valence-corrected chi connectivity index (χ3v) is 5.27. The Morgan fingerprint density at radius 2 is 1.70 bits per heavy atom. The standard InChI is InChI=1S/C20H19NO4S.Na/c22-18(12-13-26-20(25)15-7-2-1-3-8-15)21-16-9-5-4-6-14(16)10-11-17(21)19(23)24;/h1-9,17H,10-13H2,(H,23,24);/t17-;/m1./s1. The van der Waals surface area contributed by atoms with Gasteiger partial charge in [-0.1, -0.05) is 60.3 Å². The summed E-state index contributed by atoms with van der Waals surface area (Å²) < 4.78 is 0. The first-order valence-corrected chi connectivity index (χ1v) is 9.41. The molecular formula is C20H19NNaO4S. The number of aliphatic carboxylic acids is 1. The van der Waals surface area contributed by atoms with Crippen LogP contribution in [0.25, 0.3) is 0 Å². The van der Waals surface area contributed by atoms with Crippen molar-refractivity contribution in [1.29, 1.82) is 0 Å². The fourth-order valence-corrected chi connectivity index (χ4v) is 3.86. The van der Waals surface area contributed by atoms with E-state index in [9.17, 15) is 19.5 Å². The summed E-state index contributed by atoms with van der Waals surface area (Å²) >= 11 is 1.08. The maximum atomic E-state index is 12.7. The zero-order valence-corrected chi connectivity index (χ0v) is 17.9. The van der Waals surface area contributed by atoms with Gasteiger partial charge in [0.05, 0.1) is 0 Å². The molecule has 1 aliphatic rings. The van der Waals surface area contributed by atoms with Crippen molar-refractivity contribution in [2.45, 2.75) is 25.3 Å². The molecule has 1 radical (unpaired) electrons. The maximum absolute atomic E-state index is 12.7. The van der Waals surface area contributed by atoms with Crippen LogP contribution in [-0.2, 0) is 16.0 Å². The van der Waals surface area contributed by atoms with Gasteiger partial charge in [-0.15, -0.1) is 0 Å². The Bertz CT molecular complexity index is 828. The number of para-hydroxylation sites is 1. The molecule has 1 aliphatic heterocycles. The van der Waals surface area contributed by atoms with Crippen LogP contribution in [0, 0.1) is 0 Å². The molecule has 135 valence electrons. The van der Waals surface area contributed by atoms with Gasteiger partial charge in [0.15, 0.2) is 0 Å². The molecule has 0 aromatic heterocycles. The molecule has 0 bridgehead atoms. The summed E-state index contributed by atoms with van der Waals surface area (Å²) in [7, 11) is 0. The number of amides is 1. The van der Waals surface area contributed by atoms with Gasteiger partial charge in [-0.25, -0.2) is 4.79 Å². The second-order valence-electron chi connectivity index (χ2n) is 6.04. The summed E-state index contributed by atoms with van der Waals surface area (Å²) in [6.45, 7) is 0. The number of carboxylic acids is 1. The minimum Gasteiger partial charge on any atom is -0.480 e. The zero-order chi connectivity index (χ0) is 18.5. The van der Waals surface area contributed by atoms with Crippen LogP contribution < -0.4 is 4.90 Å². The molecule has 0 fully saturated rings. The molecule has 0 aliphatic carbocycles. The summed E-state index contributed by atoms with van der Waals surface area (Å²) in [6.07, 6.45) is 1.15. The molecule has 5 nitrogen and oxygen atoms in total. The summed E-state index contributed by atoms with van der Waals surface area (Å²) in [4.78, 5) is 37.8. The molecule has 2 aromatic rings. The van der Waals surface area contributed by atoms with E-state index in [-0.39, 0.29) is 47.0 Å². The summed E-state index contributed by atoms with van der Waals surface area (Å²) in [5, 5.41) is 9.40. The second-order valence-corrected chi connectivity index (χ2v) is 7.10. The number of hydrogen-bond acceptors (Lipinski definition) is 4. The smallest absolute Gasteiger partial charge is 0.326 e. The Labute approximate surface area is 184 Å².